The van der Waals surface area contributed by atoms with E-state index in [-0.39, 0.29) is 0 Å². The highest BCUT2D eigenvalue weighted by Gasteiger charge is 2.24. The summed E-state index contributed by atoms with van der Waals surface area (Å²) >= 11 is 0. The molecule has 0 aromatic heterocycles. The number of benzene rings is 1. The highest BCUT2D eigenvalue weighted by Crippen LogP contribution is 2.36. The first-order valence-corrected chi connectivity index (χ1v) is 8.28. The van der Waals surface area contributed by atoms with Crippen LogP contribution in [0.15, 0.2) is 18.2 Å². The molecule has 0 saturated heterocycles. The van der Waals surface area contributed by atoms with Crippen LogP contribution in [-0.2, 0) is 11.2 Å². The van der Waals surface area contributed by atoms with Crippen LogP contribution in [0.4, 0.5) is 0 Å². The molecule has 1 aliphatic rings. The SMILES string of the molecule is CCNC1CCc2c(OCCOCCC(C)C)cccc21. The van der Waals surface area contributed by atoms with Gasteiger partial charge in [0, 0.05) is 12.6 Å². The van der Waals surface area contributed by atoms with Gasteiger partial charge in [0.1, 0.15) is 12.4 Å². The number of hydrogen-bond acceptors (Lipinski definition) is 3. The van der Waals surface area contributed by atoms with Gasteiger partial charge in [-0.1, -0.05) is 32.9 Å². The van der Waals surface area contributed by atoms with E-state index in [0.29, 0.717) is 25.2 Å². The van der Waals surface area contributed by atoms with Gasteiger partial charge in [0.2, 0.25) is 0 Å². The lowest BCUT2D eigenvalue weighted by Gasteiger charge is -2.14. The average Bonchev–Trinajstić information content (AvgIpc) is 2.87. The highest BCUT2D eigenvalue weighted by molar-refractivity contribution is 5.45. The summed E-state index contributed by atoms with van der Waals surface area (Å²) in [5.41, 5.74) is 2.79. The third-order valence-electron chi connectivity index (χ3n) is 4.00. The number of fused-ring (bicyclic) bond motifs is 1. The fourth-order valence-electron chi connectivity index (χ4n) is 2.85. The molecular weight excluding hydrogens is 262 g/mol. The van der Waals surface area contributed by atoms with Crippen molar-refractivity contribution in [3.05, 3.63) is 29.3 Å². The van der Waals surface area contributed by atoms with E-state index in [9.17, 15) is 0 Å². The Balaban J connectivity index is 1.80. The largest absolute Gasteiger partial charge is 0.491 e. The standard InChI is InChI=1S/C18H29NO2/c1-4-19-17-9-8-16-15(17)6-5-7-18(16)21-13-12-20-11-10-14(2)3/h5-7,14,17,19H,4,8-13H2,1-3H3. The Labute approximate surface area is 129 Å². The molecule has 1 unspecified atom stereocenters. The van der Waals surface area contributed by atoms with Gasteiger partial charge in [0.15, 0.2) is 0 Å². The second-order valence-electron chi connectivity index (χ2n) is 6.12. The lowest BCUT2D eigenvalue weighted by molar-refractivity contribution is 0.0923. The lowest BCUT2D eigenvalue weighted by atomic mass is 10.1. The summed E-state index contributed by atoms with van der Waals surface area (Å²) in [6.45, 7) is 9.75. The molecule has 1 aromatic rings. The zero-order valence-corrected chi connectivity index (χ0v) is 13.7. The summed E-state index contributed by atoms with van der Waals surface area (Å²) in [4.78, 5) is 0. The molecule has 0 aliphatic heterocycles. The quantitative estimate of drug-likeness (QED) is 0.703. The van der Waals surface area contributed by atoms with Crippen LogP contribution < -0.4 is 10.1 Å². The van der Waals surface area contributed by atoms with Crippen molar-refractivity contribution in [2.45, 2.75) is 46.1 Å². The minimum Gasteiger partial charge on any atom is -0.491 e. The molecule has 0 saturated carbocycles. The van der Waals surface area contributed by atoms with Crippen molar-refractivity contribution >= 4 is 0 Å². The van der Waals surface area contributed by atoms with Crippen LogP contribution in [-0.4, -0.2) is 26.4 Å². The topological polar surface area (TPSA) is 30.5 Å². The molecule has 0 amide bonds. The van der Waals surface area contributed by atoms with E-state index < -0.39 is 0 Å². The first-order valence-electron chi connectivity index (χ1n) is 8.28. The van der Waals surface area contributed by atoms with Gasteiger partial charge in [-0.3, -0.25) is 0 Å². The summed E-state index contributed by atoms with van der Waals surface area (Å²) < 4.78 is 11.5. The van der Waals surface area contributed by atoms with Gasteiger partial charge in [-0.25, -0.2) is 0 Å². The van der Waals surface area contributed by atoms with Gasteiger partial charge >= 0.3 is 0 Å². The maximum Gasteiger partial charge on any atom is 0.122 e. The van der Waals surface area contributed by atoms with Crippen LogP contribution in [0.3, 0.4) is 0 Å². The van der Waals surface area contributed by atoms with Gasteiger partial charge in [0.05, 0.1) is 6.61 Å². The minimum atomic E-state index is 0.496. The van der Waals surface area contributed by atoms with Crippen molar-refractivity contribution in [3.63, 3.8) is 0 Å². The molecule has 118 valence electrons. The van der Waals surface area contributed by atoms with E-state index in [1.165, 1.54) is 17.5 Å². The maximum absolute atomic E-state index is 5.93. The average molecular weight is 291 g/mol. The number of rotatable bonds is 9. The fourth-order valence-corrected chi connectivity index (χ4v) is 2.85. The van der Waals surface area contributed by atoms with Crippen LogP contribution in [0.2, 0.25) is 0 Å². The summed E-state index contributed by atoms with van der Waals surface area (Å²) in [7, 11) is 0. The maximum atomic E-state index is 5.93. The molecule has 0 radical (unpaired) electrons. The van der Waals surface area contributed by atoms with Gasteiger partial charge in [0.25, 0.3) is 0 Å². The van der Waals surface area contributed by atoms with E-state index in [4.69, 9.17) is 9.47 Å². The predicted molar refractivity (Wildman–Crippen MR) is 86.9 cm³/mol. The smallest absolute Gasteiger partial charge is 0.122 e. The second kappa shape index (κ2) is 8.40. The molecular formula is C18H29NO2. The van der Waals surface area contributed by atoms with Crippen molar-refractivity contribution in [1.82, 2.24) is 5.32 Å². The van der Waals surface area contributed by atoms with Crippen LogP contribution >= 0.6 is 0 Å². The highest BCUT2D eigenvalue weighted by atomic mass is 16.5. The van der Waals surface area contributed by atoms with Crippen molar-refractivity contribution < 1.29 is 9.47 Å². The second-order valence-corrected chi connectivity index (χ2v) is 6.12. The minimum absolute atomic E-state index is 0.496. The van der Waals surface area contributed by atoms with Crippen molar-refractivity contribution in [1.29, 1.82) is 0 Å². The van der Waals surface area contributed by atoms with Gasteiger partial charge < -0.3 is 14.8 Å². The molecule has 3 nitrogen and oxygen atoms in total. The number of ether oxygens (including phenoxy) is 2. The Morgan fingerprint density at radius 1 is 1.24 bits per heavy atom. The lowest BCUT2D eigenvalue weighted by Crippen LogP contribution is -2.18. The van der Waals surface area contributed by atoms with Crippen molar-refractivity contribution in [3.8, 4) is 5.75 Å². The van der Waals surface area contributed by atoms with E-state index >= 15 is 0 Å². The first-order chi connectivity index (χ1) is 10.2. The molecule has 1 atom stereocenters. The Bertz CT molecular complexity index is 431. The molecule has 0 bridgehead atoms. The predicted octanol–water partition coefficient (Wildman–Crippen LogP) is 3.72. The molecule has 3 heteroatoms. The third kappa shape index (κ3) is 4.72. The zero-order chi connectivity index (χ0) is 15.1. The number of hydrogen-bond donors (Lipinski definition) is 1. The van der Waals surface area contributed by atoms with Gasteiger partial charge in [-0.05, 0) is 48.9 Å². The van der Waals surface area contributed by atoms with E-state index in [2.05, 4.69) is 44.3 Å². The zero-order valence-electron chi connectivity index (χ0n) is 13.7. The Hall–Kier alpha value is -1.06. The van der Waals surface area contributed by atoms with E-state index in [1.807, 2.05) is 0 Å². The molecule has 0 spiro atoms. The monoisotopic (exact) mass is 291 g/mol. The van der Waals surface area contributed by atoms with Gasteiger partial charge in [-0.15, -0.1) is 0 Å². The normalized spacial score (nSPS) is 17.2. The molecule has 1 aliphatic carbocycles. The van der Waals surface area contributed by atoms with Crippen molar-refractivity contribution in [2.75, 3.05) is 26.4 Å². The fraction of sp³-hybridized carbons (Fsp3) is 0.667. The summed E-state index contributed by atoms with van der Waals surface area (Å²) in [5, 5.41) is 3.54. The van der Waals surface area contributed by atoms with Crippen LogP contribution in [0.1, 0.15) is 50.8 Å². The van der Waals surface area contributed by atoms with Crippen LogP contribution in [0, 0.1) is 5.92 Å². The molecule has 1 N–H and O–H groups in total. The molecule has 21 heavy (non-hydrogen) atoms. The van der Waals surface area contributed by atoms with Crippen LogP contribution in [0.25, 0.3) is 0 Å². The molecule has 2 rings (SSSR count). The van der Waals surface area contributed by atoms with Crippen LogP contribution in [0.5, 0.6) is 5.75 Å². The summed E-state index contributed by atoms with van der Waals surface area (Å²) in [5.74, 6) is 1.74. The van der Waals surface area contributed by atoms with Crippen molar-refractivity contribution in [2.24, 2.45) is 5.92 Å². The Morgan fingerprint density at radius 3 is 2.86 bits per heavy atom. The summed E-state index contributed by atoms with van der Waals surface area (Å²) in [6.07, 6.45) is 3.40. The van der Waals surface area contributed by atoms with Gasteiger partial charge in [-0.2, -0.15) is 0 Å². The Kier molecular flexibility index (Phi) is 6.52. The first kappa shape index (κ1) is 16.3. The molecule has 0 heterocycles. The van der Waals surface area contributed by atoms with E-state index in [0.717, 1.165) is 31.7 Å². The number of nitrogens with one attached hydrogen (secondary N) is 1. The summed E-state index contributed by atoms with van der Waals surface area (Å²) in [6, 6.07) is 6.91. The third-order valence-corrected chi connectivity index (χ3v) is 4.00. The molecule has 0 fully saturated rings. The Morgan fingerprint density at radius 2 is 2.10 bits per heavy atom. The molecule has 1 aromatic carbocycles. The van der Waals surface area contributed by atoms with E-state index in [1.54, 1.807) is 0 Å².